The van der Waals surface area contributed by atoms with E-state index in [2.05, 4.69) is 0 Å². The van der Waals surface area contributed by atoms with Crippen molar-refractivity contribution < 1.29 is 15.0 Å². The van der Waals surface area contributed by atoms with Crippen LogP contribution in [-0.2, 0) is 4.79 Å². The highest BCUT2D eigenvalue weighted by Crippen LogP contribution is 2.31. The van der Waals surface area contributed by atoms with Gasteiger partial charge in [-0.2, -0.15) is 0 Å². The van der Waals surface area contributed by atoms with Crippen molar-refractivity contribution in [2.75, 3.05) is 0 Å². The van der Waals surface area contributed by atoms with Gasteiger partial charge in [-0.15, -0.1) is 0 Å². The summed E-state index contributed by atoms with van der Waals surface area (Å²) < 4.78 is 0. The van der Waals surface area contributed by atoms with Crippen molar-refractivity contribution in [3.8, 4) is 5.75 Å². The van der Waals surface area contributed by atoms with Crippen molar-refractivity contribution in [3.05, 3.63) is 28.8 Å². The molecule has 1 aromatic rings. The van der Waals surface area contributed by atoms with Crippen LogP contribution in [0.3, 0.4) is 0 Å². The minimum atomic E-state index is -0.842. The van der Waals surface area contributed by atoms with E-state index in [9.17, 15) is 9.90 Å². The second-order valence-corrected chi connectivity index (χ2v) is 4.96. The average molecular weight is 251 g/mol. The Morgan fingerprint density at radius 1 is 1.33 bits per heavy atom. The van der Waals surface area contributed by atoms with Crippen molar-refractivity contribution in [2.24, 2.45) is 5.73 Å². The molecule has 1 rings (SSSR count). The van der Waals surface area contributed by atoms with Gasteiger partial charge in [0.2, 0.25) is 0 Å². The number of hydrogen-bond acceptors (Lipinski definition) is 3. The molecule has 4 heteroatoms. The first-order valence-corrected chi connectivity index (χ1v) is 6.13. The SMILES string of the molecule is Cc1cc(O)c(C(C)C)cc1C(N)CCC(=O)O. The summed E-state index contributed by atoms with van der Waals surface area (Å²) in [5.41, 5.74) is 8.68. The van der Waals surface area contributed by atoms with Crippen molar-refractivity contribution in [2.45, 2.75) is 45.6 Å². The highest BCUT2D eigenvalue weighted by molar-refractivity contribution is 5.66. The van der Waals surface area contributed by atoms with E-state index in [1.807, 2.05) is 26.8 Å². The quantitative estimate of drug-likeness (QED) is 0.751. The molecule has 4 nitrogen and oxygen atoms in total. The van der Waals surface area contributed by atoms with Crippen LogP contribution < -0.4 is 5.73 Å². The minimum absolute atomic E-state index is 0.0541. The highest BCUT2D eigenvalue weighted by atomic mass is 16.4. The van der Waals surface area contributed by atoms with Gasteiger partial charge in [-0.25, -0.2) is 0 Å². The molecule has 1 aromatic carbocycles. The van der Waals surface area contributed by atoms with Crippen LogP contribution in [0.4, 0.5) is 0 Å². The lowest BCUT2D eigenvalue weighted by molar-refractivity contribution is -0.137. The summed E-state index contributed by atoms with van der Waals surface area (Å²) >= 11 is 0. The number of hydrogen-bond donors (Lipinski definition) is 3. The van der Waals surface area contributed by atoms with Gasteiger partial charge in [-0.1, -0.05) is 19.9 Å². The molecule has 0 spiro atoms. The Balaban J connectivity index is 3.00. The lowest BCUT2D eigenvalue weighted by Crippen LogP contribution is -2.14. The number of carboxylic acid groups (broad SMARTS) is 1. The maximum Gasteiger partial charge on any atom is 0.303 e. The largest absolute Gasteiger partial charge is 0.508 e. The van der Waals surface area contributed by atoms with Crippen molar-refractivity contribution in [1.82, 2.24) is 0 Å². The van der Waals surface area contributed by atoms with Crippen LogP contribution in [0.25, 0.3) is 0 Å². The van der Waals surface area contributed by atoms with Crippen LogP contribution in [0.1, 0.15) is 55.3 Å². The van der Waals surface area contributed by atoms with E-state index in [1.54, 1.807) is 6.07 Å². The summed E-state index contributed by atoms with van der Waals surface area (Å²) in [5.74, 6) is -0.362. The average Bonchev–Trinajstić information content (AvgIpc) is 2.25. The van der Waals surface area contributed by atoms with E-state index in [0.717, 1.165) is 16.7 Å². The molecule has 0 aliphatic rings. The lowest BCUT2D eigenvalue weighted by atomic mass is 9.92. The Hall–Kier alpha value is -1.55. The predicted octanol–water partition coefficient (Wildman–Crippen LogP) is 2.69. The molecule has 1 atom stereocenters. The molecule has 1 unspecified atom stereocenters. The first kappa shape index (κ1) is 14.5. The van der Waals surface area contributed by atoms with Gasteiger partial charge < -0.3 is 15.9 Å². The van der Waals surface area contributed by atoms with Crippen LogP contribution in [0.5, 0.6) is 5.75 Å². The summed E-state index contributed by atoms with van der Waals surface area (Å²) in [6.07, 6.45) is 0.455. The molecule has 0 amide bonds. The van der Waals surface area contributed by atoms with E-state index in [1.165, 1.54) is 0 Å². The zero-order chi connectivity index (χ0) is 13.9. The molecule has 18 heavy (non-hydrogen) atoms. The van der Waals surface area contributed by atoms with Crippen molar-refractivity contribution in [1.29, 1.82) is 0 Å². The zero-order valence-electron chi connectivity index (χ0n) is 11.1. The summed E-state index contributed by atoms with van der Waals surface area (Å²) in [7, 11) is 0. The smallest absolute Gasteiger partial charge is 0.303 e. The number of carbonyl (C=O) groups is 1. The Morgan fingerprint density at radius 3 is 2.44 bits per heavy atom. The van der Waals surface area contributed by atoms with E-state index in [4.69, 9.17) is 10.8 Å². The fraction of sp³-hybridized carbons (Fsp3) is 0.500. The highest BCUT2D eigenvalue weighted by Gasteiger charge is 2.15. The number of aromatic hydroxyl groups is 1. The van der Waals surface area contributed by atoms with E-state index >= 15 is 0 Å². The first-order valence-electron chi connectivity index (χ1n) is 6.13. The van der Waals surface area contributed by atoms with Gasteiger partial charge in [0.05, 0.1) is 0 Å². The molecule has 0 saturated heterocycles. The summed E-state index contributed by atoms with van der Waals surface area (Å²) in [6.45, 7) is 5.87. The second kappa shape index (κ2) is 5.87. The maximum atomic E-state index is 10.6. The maximum absolute atomic E-state index is 10.6. The fourth-order valence-electron chi connectivity index (χ4n) is 2.02. The van der Waals surface area contributed by atoms with Crippen LogP contribution >= 0.6 is 0 Å². The third-order valence-corrected chi connectivity index (χ3v) is 3.11. The van der Waals surface area contributed by atoms with Crippen LogP contribution in [0, 0.1) is 6.92 Å². The van der Waals surface area contributed by atoms with Gasteiger partial charge in [-0.05, 0) is 42.0 Å². The van der Waals surface area contributed by atoms with Crippen molar-refractivity contribution >= 4 is 5.97 Å². The van der Waals surface area contributed by atoms with Gasteiger partial charge in [0.1, 0.15) is 5.75 Å². The summed E-state index contributed by atoms with van der Waals surface area (Å²) in [4.78, 5) is 10.6. The fourth-order valence-corrected chi connectivity index (χ4v) is 2.02. The van der Waals surface area contributed by atoms with E-state index < -0.39 is 5.97 Å². The van der Waals surface area contributed by atoms with Gasteiger partial charge in [-0.3, -0.25) is 4.79 Å². The van der Waals surface area contributed by atoms with Gasteiger partial charge >= 0.3 is 5.97 Å². The van der Waals surface area contributed by atoms with Crippen LogP contribution in [-0.4, -0.2) is 16.2 Å². The molecule has 4 N–H and O–H groups in total. The Labute approximate surface area is 107 Å². The third-order valence-electron chi connectivity index (χ3n) is 3.11. The van der Waals surface area contributed by atoms with Gasteiger partial charge in [0, 0.05) is 12.5 Å². The first-order chi connectivity index (χ1) is 8.32. The molecule has 0 bridgehead atoms. The van der Waals surface area contributed by atoms with E-state index in [0.29, 0.717) is 6.42 Å². The Kier molecular flexibility index (Phi) is 4.73. The van der Waals surface area contributed by atoms with Gasteiger partial charge in [0.15, 0.2) is 0 Å². The molecule has 0 fully saturated rings. The number of aliphatic carboxylic acids is 1. The third kappa shape index (κ3) is 3.47. The summed E-state index contributed by atoms with van der Waals surface area (Å²) in [5, 5.41) is 18.5. The zero-order valence-corrected chi connectivity index (χ0v) is 11.1. The normalized spacial score (nSPS) is 12.7. The summed E-state index contributed by atoms with van der Waals surface area (Å²) in [6, 6.07) is 3.28. The molecular weight excluding hydrogens is 230 g/mol. The number of aryl methyl sites for hydroxylation is 1. The number of phenolic OH excluding ortho intramolecular Hbond substituents is 1. The minimum Gasteiger partial charge on any atom is -0.508 e. The molecule has 0 aliphatic heterocycles. The van der Waals surface area contributed by atoms with Crippen molar-refractivity contribution in [3.63, 3.8) is 0 Å². The number of nitrogens with two attached hydrogens (primary N) is 1. The topological polar surface area (TPSA) is 83.5 Å². The Bertz CT molecular complexity index is 441. The molecular formula is C14H21NO3. The standard InChI is InChI=1S/C14H21NO3/c1-8(2)10-7-11(9(3)6-13(10)16)12(15)4-5-14(17)18/h6-8,12,16H,4-5,15H2,1-3H3,(H,17,18). The Morgan fingerprint density at radius 2 is 1.94 bits per heavy atom. The molecule has 0 saturated carbocycles. The number of rotatable bonds is 5. The number of benzene rings is 1. The molecule has 0 aromatic heterocycles. The van der Waals surface area contributed by atoms with Gasteiger partial charge in [0.25, 0.3) is 0 Å². The van der Waals surface area contributed by atoms with E-state index in [-0.39, 0.29) is 24.1 Å². The number of carboxylic acids is 1. The molecule has 0 heterocycles. The van der Waals surface area contributed by atoms with Crippen LogP contribution in [0.15, 0.2) is 12.1 Å². The number of phenols is 1. The molecule has 0 radical (unpaired) electrons. The molecule has 100 valence electrons. The molecule has 0 aliphatic carbocycles. The lowest BCUT2D eigenvalue weighted by Gasteiger charge is -2.18. The monoisotopic (exact) mass is 251 g/mol. The second-order valence-electron chi connectivity index (χ2n) is 4.96. The van der Waals surface area contributed by atoms with Crippen LogP contribution in [0.2, 0.25) is 0 Å². The predicted molar refractivity (Wildman–Crippen MR) is 70.7 cm³/mol.